The molecule has 1 aliphatic rings. The Morgan fingerprint density at radius 3 is 2.35 bits per heavy atom. The lowest BCUT2D eigenvalue weighted by atomic mass is 9.97. The molecule has 0 N–H and O–H groups in total. The molecular formula is C25H20FNO7. The maximum atomic E-state index is 14.0. The summed E-state index contributed by atoms with van der Waals surface area (Å²) in [5.74, 6) is 0.410. The molecule has 0 bridgehead atoms. The molecule has 2 aromatic carbocycles. The molecule has 1 aliphatic heterocycles. The third-order valence-corrected chi connectivity index (χ3v) is 5.84. The molecule has 174 valence electrons. The molecule has 1 amide bonds. The van der Waals surface area contributed by atoms with E-state index in [9.17, 15) is 14.0 Å². The summed E-state index contributed by atoms with van der Waals surface area (Å²) >= 11 is 0. The van der Waals surface area contributed by atoms with Crippen molar-refractivity contribution < 1.29 is 32.2 Å². The number of fused-ring (bicyclic) bond motifs is 2. The first-order chi connectivity index (χ1) is 16.5. The van der Waals surface area contributed by atoms with Gasteiger partial charge in [0.05, 0.1) is 51.1 Å². The van der Waals surface area contributed by atoms with Crippen LogP contribution < -0.4 is 19.6 Å². The number of methoxy groups -OCH3 is 3. The highest BCUT2D eigenvalue weighted by atomic mass is 19.1. The van der Waals surface area contributed by atoms with Gasteiger partial charge in [0.25, 0.3) is 5.91 Å². The fourth-order valence-electron chi connectivity index (χ4n) is 4.33. The van der Waals surface area contributed by atoms with Gasteiger partial charge in [0.2, 0.25) is 11.5 Å². The van der Waals surface area contributed by atoms with Gasteiger partial charge >= 0.3 is 0 Å². The average Bonchev–Trinajstić information content (AvgIpc) is 3.46. The van der Waals surface area contributed by atoms with Crippen molar-refractivity contribution >= 4 is 16.9 Å². The quantitative estimate of drug-likeness (QED) is 0.419. The molecular weight excluding hydrogens is 445 g/mol. The molecule has 0 fully saturated rings. The second kappa shape index (κ2) is 8.26. The van der Waals surface area contributed by atoms with E-state index >= 15 is 0 Å². The summed E-state index contributed by atoms with van der Waals surface area (Å²) in [6, 6.07) is 9.51. The summed E-state index contributed by atoms with van der Waals surface area (Å²) in [6.45, 7) is 0.0709. The van der Waals surface area contributed by atoms with Crippen LogP contribution in [-0.2, 0) is 6.54 Å². The molecule has 3 heterocycles. The summed E-state index contributed by atoms with van der Waals surface area (Å²) < 4.78 is 41.6. The average molecular weight is 465 g/mol. The number of hydrogen-bond donors (Lipinski definition) is 0. The SMILES string of the molecule is COc1cc([C@@H]2c3c(oc4ccc(F)cc4c3=O)C(=O)N2Cc2ccco2)cc(OC)c1OC. The molecule has 0 aliphatic carbocycles. The highest BCUT2D eigenvalue weighted by molar-refractivity contribution is 5.99. The third kappa shape index (κ3) is 3.28. The Kier molecular flexibility index (Phi) is 5.24. The zero-order valence-electron chi connectivity index (χ0n) is 18.6. The zero-order valence-corrected chi connectivity index (χ0v) is 18.6. The van der Waals surface area contributed by atoms with E-state index in [1.807, 2.05) is 0 Å². The minimum Gasteiger partial charge on any atom is -0.493 e. The smallest absolute Gasteiger partial charge is 0.291 e. The van der Waals surface area contributed by atoms with Gasteiger partial charge in [-0.2, -0.15) is 0 Å². The summed E-state index contributed by atoms with van der Waals surface area (Å²) in [4.78, 5) is 28.5. The third-order valence-electron chi connectivity index (χ3n) is 5.84. The Hall–Kier alpha value is -4.27. The number of ether oxygens (including phenoxy) is 3. The Balaban J connectivity index is 1.78. The standard InChI is InChI=1S/C25H20FNO7/c1-30-18-9-13(10-19(31-2)23(18)32-3)21-20-22(28)16-11-14(26)6-7-17(16)34-24(20)25(29)27(21)12-15-5-4-8-33-15/h4-11,21H,12H2,1-3H3/t21-/m1/s1. The predicted molar refractivity (Wildman–Crippen MR) is 119 cm³/mol. The molecule has 0 unspecified atom stereocenters. The maximum absolute atomic E-state index is 14.0. The van der Waals surface area contributed by atoms with Gasteiger partial charge in [0, 0.05) is 0 Å². The molecule has 34 heavy (non-hydrogen) atoms. The molecule has 0 saturated carbocycles. The van der Waals surface area contributed by atoms with Crippen molar-refractivity contribution in [2.75, 3.05) is 21.3 Å². The van der Waals surface area contributed by atoms with E-state index in [0.29, 0.717) is 28.6 Å². The van der Waals surface area contributed by atoms with E-state index < -0.39 is 23.2 Å². The van der Waals surface area contributed by atoms with E-state index in [2.05, 4.69) is 0 Å². The summed E-state index contributed by atoms with van der Waals surface area (Å²) in [5.41, 5.74) is 0.256. The van der Waals surface area contributed by atoms with Crippen LogP contribution in [0, 0.1) is 5.82 Å². The first kappa shape index (κ1) is 21.6. The topological polar surface area (TPSA) is 91.4 Å². The second-order valence-electron chi connectivity index (χ2n) is 7.69. The van der Waals surface area contributed by atoms with Crippen molar-refractivity contribution in [3.8, 4) is 17.2 Å². The predicted octanol–water partition coefficient (Wildman–Crippen LogP) is 4.30. The lowest BCUT2D eigenvalue weighted by Crippen LogP contribution is -2.29. The van der Waals surface area contributed by atoms with Gasteiger partial charge in [-0.15, -0.1) is 0 Å². The van der Waals surface area contributed by atoms with Crippen LogP contribution >= 0.6 is 0 Å². The molecule has 0 spiro atoms. The molecule has 8 nitrogen and oxygen atoms in total. The van der Waals surface area contributed by atoms with Crippen LogP contribution in [0.5, 0.6) is 17.2 Å². The number of nitrogens with zero attached hydrogens (tertiary/aromatic N) is 1. The Morgan fingerprint density at radius 1 is 1.00 bits per heavy atom. The van der Waals surface area contributed by atoms with Crippen molar-refractivity contribution in [3.05, 3.63) is 87.4 Å². The zero-order chi connectivity index (χ0) is 24.0. The van der Waals surface area contributed by atoms with Gasteiger partial charge in [-0.1, -0.05) is 0 Å². The van der Waals surface area contributed by atoms with Gasteiger partial charge in [-0.05, 0) is 48.0 Å². The van der Waals surface area contributed by atoms with Gasteiger partial charge < -0.3 is 27.9 Å². The van der Waals surface area contributed by atoms with Gasteiger partial charge in [-0.3, -0.25) is 9.59 Å². The molecule has 9 heteroatoms. The van der Waals surface area contributed by atoms with Crippen molar-refractivity contribution in [2.45, 2.75) is 12.6 Å². The molecule has 2 aromatic heterocycles. The number of halogens is 1. The van der Waals surface area contributed by atoms with Crippen LogP contribution in [-0.4, -0.2) is 32.1 Å². The number of carbonyl (C=O) groups excluding carboxylic acids is 1. The Bertz CT molecular complexity index is 1430. The highest BCUT2D eigenvalue weighted by Crippen LogP contribution is 2.45. The van der Waals surface area contributed by atoms with Crippen molar-refractivity contribution in [3.63, 3.8) is 0 Å². The molecule has 0 saturated heterocycles. The molecule has 5 rings (SSSR count). The van der Waals surface area contributed by atoms with Crippen molar-refractivity contribution in [2.24, 2.45) is 0 Å². The summed E-state index contributed by atoms with van der Waals surface area (Å²) in [6.07, 6.45) is 1.50. The normalized spacial score (nSPS) is 15.0. The number of amides is 1. The van der Waals surface area contributed by atoms with E-state index in [0.717, 1.165) is 6.07 Å². The monoisotopic (exact) mass is 465 g/mol. The number of carbonyl (C=O) groups is 1. The fraction of sp³-hybridized carbons (Fsp3) is 0.200. The lowest BCUT2D eigenvalue weighted by Gasteiger charge is -2.25. The van der Waals surface area contributed by atoms with E-state index in [1.54, 1.807) is 24.3 Å². The van der Waals surface area contributed by atoms with E-state index in [4.69, 9.17) is 23.0 Å². The van der Waals surface area contributed by atoms with Crippen LogP contribution in [0.1, 0.15) is 33.5 Å². The minimum absolute atomic E-state index is 0.0452. The summed E-state index contributed by atoms with van der Waals surface area (Å²) in [7, 11) is 4.42. The largest absolute Gasteiger partial charge is 0.493 e. The van der Waals surface area contributed by atoms with Crippen LogP contribution in [0.25, 0.3) is 11.0 Å². The Morgan fingerprint density at radius 2 is 1.74 bits per heavy atom. The van der Waals surface area contributed by atoms with E-state index in [-0.39, 0.29) is 28.8 Å². The fourth-order valence-corrected chi connectivity index (χ4v) is 4.33. The number of benzene rings is 2. The number of furan rings is 1. The molecule has 0 radical (unpaired) electrons. The minimum atomic E-state index is -0.870. The maximum Gasteiger partial charge on any atom is 0.291 e. The van der Waals surface area contributed by atoms with Gasteiger partial charge in [-0.25, -0.2) is 4.39 Å². The van der Waals surface area contributed by atoms with Crippen LogP contribution in [0.3, 0.4) is 0 Å². The Labute approximate surface area is 193 Å². The van der Waals surface area contributed by atoms with Crippen LogP contribution in [0.15, 0.2) is 62.4 Å². The molecule has 1 atom stereocenters. The van der Waals surface area contributed by atoms with Gasteiger partial charge in [0.1, 0.15) is 17.2 Å². The first-order valence-electron chi connectivity index (χ1n) is 10.4. The summed E-state index contributed by atoms with van der Waals surface area (Å²) in [5, 5.41) is 0.0452. The second-order valence-corrected chi connectivity index (χ2v) is 7.69. The van der Waals surface area contributed by atoms with Crippen molar-refractivity contribution in [1.82, 2.24) is 4.90 Å². The highest BCUT2D eigenvalue weighted by Gasteiger charge is 2.43. The lowest BCUT2D eigenvalue weighted by molar-refractivity contribution is 0.0701. The van der Waals surface area contributed by atoms with Crippen LogP contribution in [0.4, 0.5) is 4.39 Å². The van der Waals surface area contributed by atoms with Crippen LogP contribution in [0.2, 0.25) is 0 Å². The van der Waals surface area contributed by atoms with E-state index in [1.165, 1.54) is 44.6 Å². The molecule has 4 aromatic rings. The van der Waals surface area contributed by atoms with Crippen molar-refractivity contribution in [1.29, 1.82) is 0 Å². The van der Waals surface area contributed by atoms with Gasteiger partial charge in [0.15, 0.2) is 16.9 Å². The number of rotatable bonds is 6. The number of hydrogen-bond acceptors (Lipinski definition) is 7. The first-order valence-corrected chi connectivity index (χ1v) is 10.4.